The summed E-state index contributed by atoms with van der Waals surface area (Å²) in [5.41, 5.74) is 1.23. The van der Waals surface area contributed by atoms with Crippen LogP contribution in [0.3, 0.4) is 0 Å². The number of halogens is 1. The number of fused-ring (bicyclic) bond motifs is 1. The number of hydrogen-bond acceptors (Lipinski definition) is 6. The number of nitro benzene ring substituents is 1. The first kappa shape index (κ1) is 22.9. The molecule has 0 aliphatic carbocycles. The number of amides is 1. The van der Waals surface area contributed by atoms with Crippen LogP contribution in [0.2, 0.25) is 0 Å². The second kappa shape index (κ2) is 9.81. The van der Waals surface area contributed by atoms with Crippen molar-refractivity contribution in [3.8, 4) is 11.4 Å². The molecule has 2 aliphatic heterocycles. The molecule has 0 saturated carbocycles. The van der Waals surface area contributed by atoms with E-state index in [4.69, 9.17) is 0 Å². The fourth-order valence-electron chi connectivity index (χ4n) is 4.88. The maximum absolute atomic E-state index is 14.8. The molecule has 182 valence electrons. The Morgan fingerprint density at radius 2 is 1.74 bits per heavy atom. The number of aryl methyl sites for hydroxylation is 1. The van der Waals surface area contributed by atoms with Gasteiger partial charge in [0.05, 0.1) is 21.9 Å². The maximum atomic E-state index is 14.8. The standard InChI is InChI=1S/C25H27FN6O3/c26-20-10-8-17(24-29-28-23-7-3-1-6-14-31(23)24)15-21(20)27-25(33)19-16-18(32(34)35)9-11-22(19)30-12-4-2-5-13-30/h8-11,15-16H,1-7,12-14H2,(H,27,33). The smallest absolute Gasteiger partial charge is 0.270 e. The van der Waals surface area contributed by atoms with E-state index in [-0.39, 0.29) is 16.9 Å². The molecule has 3 heterocycles. The number of nitrogens with zero attached hydrogens (tertiary/aromatic N) is 5. The maximum Gasteiger partial charge on any atom is 0.270 e. The second-order valence-corrected chi connectivity index (χ2v) is 9.06. The van der Waals surface area contributed by atoms with Crippen molar-refractivity contribution in [2.75, 3.05) is 23.3 Å². The molecule has 10 heteroatoms. The SMILES string of the molecule is O=C(Nc1cc(-c2nnc3n2CCCCC3)ccc1F)c1cc([N+](=O)[O-])ccc1N1CCCCC1. The third-order valence-electron chi connectivity index (χ3n) is 6.71. The normalized spacial score (nSPS) is 15.9. The van der Waals surface area contributed by atoms with Crippen LogP contribution in [0, 0.1) is 15.9 Å². The number of benzene rings is 2. The van der Waals surface area contributed by atoms with E-state index in [1.54, 1.807) is 18.2 Å². The number of non-ortho nitro benzene ring substituents is 1. The van der Waals surface area contributed by atoms with Gasteiger partial charge in [0.15, 0.2) is 5.82 Å². The molecule has 2 aromatic carbocycles. The Hall–Kier alpha value is -3.82. The Morgan fingerprint density at radius 1 is 0.971 bits per heavy atom. The van der Waals surface area contributed by atoms with Crippen LogP contribution in [0.4, 0.5) is 21.5 Å². The van der Waals surface area contributed by atoms with Crippen molar-refractivity contribution < 1.29 is 14.1 Å². The van der Waals surface area contributed by atoms with Gasteiger partial charge in [-0.25, -0.2) is 4.39 Å². The van der Waals surface area contributed by atoms with Crippen molar-refractivity contribution in [3.63, 3.8) is 0 Å². The zero-order valence-corrected chi connectivity index (χ0v) is 19.4. The van der Waals surface area contributed by atoms with E-state index in [1.165, 1.54) is 18.2 Å². The first-order valence-corrected chi connectivity index (χ1v) is 12.1. The molecule has 1 amide bonds. The van der Waals surface area contributed by atoms with Gasteiger partial charge in [0, 0.05) is 43.8 Å². The van der Waals surface area contributed by atoms with Gasteiger partial charge in [-0.1, -0.05) is 6.42 Å². The summed E-state index contributed by atoms with van der Waals surface area (Å²) in [7, 11) is 0. The number of nitrogens with one attached hydrogen (secondary N) is 1. The quantitative estimate of drug-likeness (QED) is 0.410. The lowest BCUT2D eigenvalue weighted by molar-refractivity contribution is -0.384. The number of rotatable bonds is 5. The first-order chi connectivity index (χ1) is 17.0. The molecule has 1 fully saturated rings. The van der Waals surface area contributed by atoms with Crippen molar-refractivity contribution in [2.45, 2.75) is 51.5 Å². The van der Waals surface area contributed by atoms with Crippen LogP contribution in [-0.4, -0.2) is 38.7 Å². The minimum atomic E-state index is -0.595. The summed E-state index contributed by atoms with van der Waals surface area (Å²) in [6, 6.07) is 8.74. The van der Waals surface area contributed by atoms with Gasteiger partial charge in [0.2, 0.25) is 0 Å². The molecule has 0 spiro atoms. The lowest BCUT2D eigenvalue weighted by Crippen LogP contribution is -2.31. The van der Waals surface area contributed by atoms with E-state index in [0.717, 1.165) is 70.4 Å². The van der Waals surface area contributed by atoms with Crippen molar-refractivity contribution >= 4 is 23.0 Å². The molecular formula is C25H27FN6O3. The highest BCUT2D eigenvalue weighted by molar-refractivity contribution is 6.09. The van der Waals surface area contributed by atoms with Gasteiger partial charge < -0.3 is 14.8 Å². The Kier molecular flexibility index (Phi) is 6.43. The van der Waals surface area contributed by atoms with Crippen LogP contribution in [0.15, 0.2) is 36.4 Å². The highest BCUT2D eigenvalue weighted by Gasteiger charge is 2.23. The van der Waals surface area contributed by atoms with E-state index in [9.17, 15) is 19.3 Å². The molecule has 3 aromatic rings. The van der Waals surface area contributed by atoms with Crippen molar-refractivity contribution in [3.05, 3.63) is 63.7 Å². The molecule has 0 atom stereocenters. The van der Waals surface area contributed by atoms with E-state index < -0.39 is 16.6 Å². The topological polar surface area (TPSA) is 106 Å². The van der Waals surface area contributed by atoms with Crippen LogP contribution in [0.25, 0.3) is 11.4 Å². The number of anilines is 2. The fourth-order valence-corrected chi connectivity index (χ4v) is 4.88. The molecule has 2 aliphatic rings. The molecule has 0 bridgehead atoms. The predicted octanol–water partition coefficient (Wildman–Crippen LogP) is 4.96. The van der Waals surface area contributed by atoms with Gasteiger partial charge in [0.1, 0.15) is 11.6 Å². The Labute approximate surface area is 202 Å². The van der Waals surface area contributed by atoms with Gasteiger partial charge in [-0.3, -0.25) is 14.9 Å². The molecule has 1 aromatic heterocycles. The summed E-state index contributed by atoms with van der Waals surface area (Å²) in [5, 5.41) is 22.7. The Balaban J connectivity index is 1.47. The molecule has 0 radical (unpaired) electrons. The van der Waals surface area contributed by atoms with E-state index in [1.807, 2.05) is 0 Å². The molecule has 1 N–H and O–H groups in total. The Bertz CT molecular complexity index is 1270. The van der Waals surface area contributed by atoms with Crippen molar-refractivity contribution in [1.82, 2.24) is 14.8 Å². The summed E-state index contributed by atoms with van der Waals surface area (Å²) >= 11 is 0. The van der Waals surface area contributed by atoms with Crippen LogP contribution in [-0.2, 0) is 13.0 Å². The number of hydrogen-bond donors (Lipinski definition) is 1. The highest BCUT2D eigenvalue weighted by atomic mass is 19.1. The minimum Gasteiger partial charge on any atom is -0.371 e. The van der Waals surface area contributed by atoms with Gasteiger partial charge in [-0.15, -0.1) is 10.2 Å². The van der Waals surface area contributed by atoms with Crippen molar-refractivity contribution in [1.29, 1.82) is 0 Å². The third kappa shape index (κ3) is 4.73. The van der Waals surface area contributed by atoms with Crippen LogP contribution < -0.4 is 10.2 Å². The molecular weight excluding hydrogens is 451 g/mol. The van der Waals surface area contributed by atoms with E-state index in [0.29, 0.717) is 17.1 Å². The molecule has 5 rings (SSSR count). The van der Waals surface area contributed by atoms with Crippen LogP contribution in [0.1, 0.15) is 54.7 Å². The number of aromatic nitrogens is 3. The minimum absolute atomic E-state index is 0.00503. The third-order valence-corrected chi connectivity index (χ3v) is 6.71. The van der Waals surface area contributed by atoms with Gasteiger partial charge >= 0.3 is 0 Å². The van der Waals surface area contributed by atoms with Crippen LogP contribution >= 0.6 is 0 Å². The summed E-state index contributed by atoms with van der Waals surface area (Å²) in [6.45, 7) is 2.32. The average molecular weight is 479 g/mol. The summed E-state index contributed by atoms with van der Waals surface area (Å²) in [5.74, 6) is 0.366. The fraction of sp³-hybridized carbons (Fsp3) is 0.400. The number of carbonyl (C=O) groups excluding carboxylic acids is 1. The second-order valence-electron chi connectivity index (χ2n) is 9.06. The van der Waals surface area contributed by atoms with E-state index in [2.05, 4.69) is 25.0 Å². The molecule has 35 heavy (non-hydrogen) atoms. The monoisotopic (exact) mass is 478 g/mol. The van der Waals surface area contributed by atoms with Gasteiger partial charge in [0.25, 0.3) is 11.6 Å². The highest BCUT2D eigenvalue weighted by Crippen LogP contribution is 2.31. The van der Waals surface area contributed by atoms with Crippen molar-refractivity contribution in [2.24, 2.45) is 0 Å². The van der Waals surface area contributed by atoms with Gasteiger partial charge in [-0.2, -0.15) is 0 Å². The zero-order chi connectivity index (χ0) is 24.4. The lowest BCUT2D eigenvalue weighted by Gasteiger charge is -2.30. The molecule has 0 unspecified atom stereocenters. The summed E-state index contributed by atoms with van der Waals surface area (Å²) in [6.07, 6.45) is 7.13. The molecule has 1 saturated heterocycles. The van der Waals surface area contributed by atoms with Crippen LogP contribution in [0.5, 0.6) is 0 Å². The zero-order valence-electron chi connectivity index (χ0n) is 19.4. The largest absolute Gasteiger partial charge is 0.371 e. The summed E-state index contributed by atoms with van der Waals surface area (Å²) < 4.78 is 16.8. The lowest BCUT2D eigenvalue weighted by atomic mass is 10.1. The number of carbonyl (C=O) groups is 1. The predicted molar refractivity (Wildman–Crippen MR) is 130 cm³/mol. The molecule has 9 nitrogen and oxygen atoms in total. The first-order valence-electron chi connectivity index (χ1n) is 12.1. The Morgan fingerprint density at radius 3 is 2.54 bits per heavy atom. The van der Waals surface area contributed by atoms with Gasteiger partial charge in [-0.05, 0) is 56.4 Å². The average Bonchev–Trinajstić information content (AvgIpc) is 3.13. The number of nitro groups is 1. The summed E-state index contributed by atoms with van der Waals surface area (Å²) in [4.78, 5) is 26.2. The number of piperidine rings is 1. The van der Waals surface area contributed by atoms with E-state index >= 15 is 0 Å².